The van der Waals surface area contributed by atoms with Crippen LogP contribution < -0.4 is 0 Å². The summed E-state index contributed by atoms with van der Waals surface area (Å²) >= 11 is 2.91. The molecule has 0 atom stereocenters. The first-order chi connectivity index (χ1) is 3.56. The smallest absolute Gasteiger partial charge is 0.449 e. The highest BCUT2D eigenvalue weighted by Gasteiger charge is 2.20. The second kappa shape index (κ2) is 3.38. The summed E-state index contributed by atoms with van der Waals surface area (Å²) in [4.78, 5) is 0. The van der Waals surface area contributed by atoms with Gasteiger partial charge >= 0.3 is 6.98 Å². The molecule has 0 aromatic heterocycles. The summed E-state index contributed by atoms with van der Waals surface area (Å²) in [7, 11) is 0. The fraction of sp³-hybridized carbons (Fsp3) is 1.00. The van der Waals surface area contributed by atoms with Crippen molar-refractivity contribution >= 4 is 22.9 Å². The molecule has 0 rings (SSSR count). The lowest BCUT2D eigenvalue weighted by molar-refractivity contribution is 0.467. The molecule has 0 fully saturated rings. The molecule has 0 aromatic rings. The molecule has 0 unspecified atom stereocenters. The van der Waals surface area contributed by atoms with Gasteiger partial charge in [0, 0.05) is 5.33 Å². The Morgan fingerprint density at radius 3 is 1.88 bits per heavy atom. The van der Waals surface area contributed by atoms with Crippen molar-refractivity contribution in [3.05, 3.63) is 0 Å². The molecule has 0 radical (unpaired) electrons. The van der Waals surface area contributed by atoms with Gasteiger partial charge in [-0.2, -0.15) is 0 Å². The van der Waals surface area contributed by atoms with Gasteiger partial charge in [0.1, 0.15) is 0 Å². The highest BCUT2D eigenvalue weighted by molar-refractivity contribution is 9.09. The summed E-state index contributed by atoms with van der Waals surface area (Å²) in [5.41, 5.74) is 0. The standard InChI is InChI=1S/C3H6BBrF3/c5-3-1-2-4(6,7)8/h1-3H2/q-1. The van der Waals surface area contributed by atoms with Crippen LogP contribution in [0.25, 0.3) is 0 Å². The Morgan fingerprint density at radius 1 is 1.25 bits per heavy atom. The minimum atomic E-state index is -4.53. The average Bonchev–Trinajstić information content (AvgIpc) is 1.59. The Hall–Kier alpha value is 0.335. The summed E-state index contributed by atoms with van der Waals surface area (Å²) in [6.07, 6.45) is -0.422. The Bertz CT molecular complexity index is 62.0. The molecule has 0 heterocycles. The van der Waals surface area contributed by atoms with E-state index in [9.17, 15) is 12.9 Å². The maximum absolute atomic E-state index is 11.3. The molecule has 5 heteroatoms. The predicted molar refractivity (Wildman–Crippen MR) is 32.3 cm³/mol. The maximum atomic E-state index is 11.3. The molecular formula is C3H6BBrF3-. The molecule has 0 nitrogen and oxygen atoms in total. The third-order valence-electron chi connectivity index (χ3n) is 0.665. The lowest BCUT2D eigenvalue weighted by Crippen LogP contribution is -2.13. The van der Waals surface area contributed by atoms with E-state index in [1.54, 1.807) is 0 Å². The van der Waals surface area contributed by atoms with E-state index in [2.05, 4.69) is 15.9 Å². The number of hydrogen-bond donors (Lipinski definition) is 0. The molecule has 0 amide bonds. The molecule has 0 aliphatic heterocycles. The van der Waals surface area contributed by atoms with Crippen molar-refractivity contribution in [3.8, 4) is 0 Å². The van der Waals surface area contributed by atoms with E-state index in [1.807, 2.05) is 0 Å². The van der Waals surface area contributed by atoms with Gasteiger partial charge in [-0.25, -0.2) is 0 Å². The van der Waals surface area contributed by atoms with Gasteiger partial charge in [0.2, 0.25) is 0 Å². The lowest BCUT2D eigenvalue weighted by Gasteiger charge is -2.10. The molecule has 8 heavy (non-hydrogen) atoms. The van der Waals surface area contributed by atoms with Crippen molar-refractivity contribution < 1.29 is 12.9 Å². The molecular weight excluding hydrogens is 184 g/mol. The minimum Gasteiger partial charge on any atom is -0.449 e. The van der Waals surface area contributed by atoms with E-state index in [4.69, 9.17) is 0 Å². The highest BCUT2D eigenvalue weighted by atomic mass is 79.9. The minimum absolute atomic E-state index is 0.198. The van der Waals surface area contributed by atoms with Crippen LogP contribution in [0.5, 0.6) is 0 Å². The van der Waals surface area contributed by atoms with Crippen molar-refractivity contribution in [1.29, 1.82) is 0 Å². The largest absolute Gasteiger partial charge is 0.478 e. The second-order valence-electron chi connectivity index (χ2n) is 1.54. The van der Waals surface area contributed by atoms with E-state index in [0.29, 0.717) is 5.33 Å². The molecule has 0 N–H and O–H groups in total. The van der Waals surface area contributed by atoms with Crippen molar-refractivity contribution in [2.45, 2.75) is 12.7 Å². The van der Waals surface area contributed by atoms with Crippen LogP contribution in [0.1, 0.15) is 6.42 Å². The van der Waals surface area contributed by atoms with Gasteiger partial charge in [-0.05, 0) is 0 Å². The van der Waals surface area contributed by atoms with Crippen LogP contribution in [0.2, 0.25) is 6.32 Å². The lowest BCUT2D eigenvalue weighted by atomic mass is 9.85. The summed E-state index contributed by atoms with van der Waals surface area (Å²) in [6.45, 7) is -4.53. The molecule has 50 valence electrons. The van der Waals surface area contributed by atoms with Crippen molar-refractivity contribution in [3.63, 3.8) is 0 Å². The first-order valence-electron chi connectivity index (χ1n) is 2.33. The first kappa shape index (κ1) is 8.33. The normalized spacial score (nSPS) is 12.0. The third kappa shape index (κ3) is 6.33. The van der Waals surface area contributed by atoms with Crippen LogP contribution in [0, 0.1) is 0 Å². The molecule has 0 saturated heterocycles. The third-order valence-corrected chi connectivity index (χ3v) is 1.23. The van der Waals surface area contributed by atoms with Crippen LogP contribution in [-0.2, 0) is 0 Å². The van der Waals surface area contributed by atoms with Crippen molar-refractivity contribution in [2.75, 3.05) is 5.33 Å². The summed E-state index contributed by atoms with van der Waals surface area (Å²) in [6, 6.07) is 0. The van der Waals surface area contributed by atoms with Crippen LogP contribution >= 0.6 is 15.9 Å². The Kier molecular flexibility index (Phi) is 3.52. The second-order valence-corrected chi connectivity index (χ2v) is 2.33. The van der Waals surface area contributed by atoms with Gasteiger partial charge in [0.15, 0.2) is 0 Å². The zero-order valence-corrected chi connectivity index (χ0v) is 5.80. The van der Waals surface area contributed by atoms with Gasteiger partial charge in [-0.1, -0.05) is 28.7 Å². The Labute approximate surface area is 54.6 Å². The Balaban J connectivity index is 3.11. The molecule has 0 saturated carbocycles. The van der Waals surface area contributed by atoms with Gasteiger partial charge in [0.05, 0.1) is 0 Å². The first-order valence-corrected chi connectivity index (χ1v) is 3.45. The van der Waals surface area contributed by atoms with Gasteiger partial charge < -0.3 is 12.9 Å². The van der Waals surface area contributed by atoms with E-state index in [1.165, 1.54) is 0 Å². The fourth-order valence-corrected chi connectivity index (χ4v) is 0.632. The maximum Gasteiger partial charge on any atom is 0.478 e. The van der Waals surface area contributed by atoms with Crippen LogP contribution in [0.4, 0.5) is 12.9 Å². The van der Waals surface area contributed by atoms with Gasteiger partial charge in [0.25, 0.3) is 0 Å². The fourth-order valence-electron chi connectivity index (χ4n) is 0.309. The predicted octanol–water partition coefficient (Wildman–Crippen LogP) is 2.62. The van der Waals surface area contributed by atoms with Crippen molar-refractivity contribution in [2.24, 2.45) is 0 Å². The summed E-state index contributed by atoms with van der Waals surface area (Å²) < 4.78 is 33.9. The number of rotatable bonds is 3. The molecule has 0 spiro atoms. The zero-order valence-electron chi connectivity index (χ0n) is 4.21. The highest BCUT2D eigenvalue weighted by Crippen LogP contribution is 2.16. The van der Waals surface area contributed by atoms with E-state index in [-0.39, 0.29) is 6.42 Å². The van der Waals surface area contributed by atoms with Crippen LogP contribution in [0.3, 0.4) is 0 Å². The topological polar surface area (TPSA) is 0 Å². The number of halogens is 4. The Morgan fingerprint density at radius 2 is 1.75 bits per heavy atom. The molecule has 0 aromatic carbocycles. The monoisotopic (exact) mass is 189 g/mol. The SMILES string of the molecule is F[B-](F)(F)CCCBr. The average molecular weight is 190 g/mol. The summed E-state index contributed by atoms with van der Waals surface area (Å²) in [5, 5.41) is 0.439. The molecule has 0 aliphatic carbocycles. The zero-order chi connectivity index (χ0) is 6.62. The van der Waals surface area contributed by atoms with Crippen molar-refractivity contribution in [1.82, 2.24) is 0 Å². The molecule has 0 aliphatic rings. The van der Waals surface area contributed by atoms with Gasteiger partial charge in [-0.15, -0.1) is 0 Å². The van der Waals surface area contributed by atoms with Crippen LogP contribution in [0.15, 0.2) is 0 Å². The summed E-state index contributed by atoms with van der Waals surface area (Å²) in [5.74, 6) is 0. The van der Waals surface area contributed by atoms with Gasteiger partial charge in [-0.3, -0.25) is 0 Å². The number of hydrogen-bond acceptors (Lipinski definition) is 0. The van der Waals surface area contributed by atoms with E-state index in [0.717, 1.165) is 0 Å². The van der Waals surface area contributed by atoms with Crippen LogP contribution in [-0.4, -0.2) is 12.3 Å². The quantitative estimate of drug-likeness (QED) is 0.473. The van der Waals surface area contributed by atoms with E-state index >= 15 is 0 Å². The molecule has 0 bridgehead atoms. The van der Waals surface area contributed by atoms with E-state index < -0.39 is 13.3 Å². The number of alkyl halides is 1.